The van der Waals surface area contributed by atoms with E-state index in [0.717, 1.165) is 24.3 Å². The van der Waals surface area contributed by atoms with Crippen molar-refractivity contribution in [2.75, 3.05) is 0 Å². The molecular formula is C11H8O8. The maximum Gasteiger partial charge on any atom is 0.463 e. The van der Waals surface area contributed by atoms with Crippen LogP contribution in [0.5, 0.6) is 0 Å². The van der Waals surface area contributed by atoms with Crippen molar-refractivity contribution in [3.63, 3.8) is 0 Å². The Balaban J connectivity index is 2.40. The van der Waals surface area contributed by atoms with E-state index >= 15 is 0 Å². The predicted molar refractivity (Wildman–Crippen MR) is 54.8 cm³/mol. The van der Waals surface area contributed by atoms with E-state index < -0.39 is 36.0 Å². The van der Waals surface area contributed by atoms with E-state index in [4.69, 9.17) is 18.9 Å². The van der Waals surface area contributed by atoms with Gasteiger partial charge in [0.15, 0.2) is 0 Å². The maximum atomic E-state index is 11.4. The highest BCUT2D eigenvalue weighted by molar-refractivity contribution is 5.95. The van der Waals surface area contributed by atoms with Crippen LogP contribution in [0, 0.1) is 0 Å². The van der Waals surface area contributed by atoms with Crippen molar-refractivity contribution in [3.05, 3.63) is 24.3 Å². The summed E-state index contributed by atoms with van der Waals surface area (Å²) in [5, 5.41) is 0. The van der Waals surface area contributed by atoms with Crippen molar-refractivity contribution < 1.29 is 38.1 Å². The minimum absolute atomic E-state index is 0.760. The zero-order valence-electron chi connectivity index (χ0n) is 9.65. The van der Waals surface area contributed by atoms with Crippen LogP contribution in [0.2, 0.25) is 0 Å². The second-order valence-corrected chi connectivity index (χ2v) is 3.61. The predicted octanol–water partition coefficient (Wildman–Crippen LogP) is -0.659. The number of rotatable bonds is 0. The number of carbonyl (C=O) groups is 4. The van der Waals surface area contributed by atoms with Crippen molar-refractivity contribution >= 4 is 23.9 Å². The lowest BCUT2D eigenvalue weighted by Crippen LogP contribution is -2.53. The van der Waals surface area contributed by atoms with Gasteiger partial charge in [0.25, 0.3) is 0 Å². The molecule has 8 nitrogen and oxygen atoms in total. The summed E-state index contributed by atoms with van der Waals surface area (Å²) < 4.78 is 19.1. The van der Waals surface area contributed by atoms with E-state index in [2.05, 4.69) is 0 Å². The zero-order valence-corrected chi connectivity index (χ0v) is 9.65. The van der Waals surface area contributed by atoms with E-state index in [-0.39, 0.29) is 0 Å². The normalized spacial score (nSPS) is 27.3. The summed E-state index contributed by atoms with van der Waals surface area (Å²) >= 11 is 0. The van der Waals surface area contributed by atoms with Crippen LogP contribution in [0.3, 0.4) is 0 Å². The minimum Gasteiger partial charge on any atom is -0.447 e. The monoisotopic (exact) mass is 268 g/mol. The summed E-state index contributed by atoms with van der Waals surface area (Å²) in [7, 11) is 0. The van der Waals surface area contributed by atoms with E-state index in [1.54, 1.807) is 0 Å². The van der Waals surface area contributed by atoms with Crippen molar-refractivity contribution in [2.24, 2.45) is 0 Å². The number of carbonyl (C=O) groups excluding carboxylic acids is 4. The third-order valence-corrected chi connectivity index (χ3v) is 2.23. The van der Waals surface area contributed by atoms with Crippen LogP contribution < -0.4 is 0 Å². The standard InChI is InChI=1S/C11H8O8/c1-6-11(17-8(13)3-2-7(12)16-6)18-9(14)4-5-10(15)19-11/h2-6H,1H3/b3-2+. The lowest BCUT2D eigenvalue weighted by Gasteiger charge is -2.33. The Labute approximate surface area is 106 Å². The van der Waals surface area contributed by atoms with Crippen LogP contribution >= 0.6 is 0 Å². The highest BCUT2D eigenvalue weighted by atomic mass is 16.9. The molecule has 0 saturated carbocycles. The van der Waals surface area contributed by atoms with Gasteiger partial charge in [0.1, 0.15) is 0 Å². The largest absolute Gasteiger partial charge is 0.463 e. The fraction of sp³-hybridized carbons (Fsp3) is 0.273. The highest BCUT2D eigenvalue weighted by Crippen LogP contribution is 2.27. The molecule has 0 aliphatic carbocycles. The molecule has 0 radical (unpaired) electrons. The van der Waals surface area contributed by atoms with Gasteiger partial charge < -0.3 is 18.9 Å². The van der Waals surface area contributed by atoms with E-state index in [0.29, 0.717) is 0 Å². The molecule has 0 N–H and O–H groups in total. The van der Waals surface area contributed by atoms with Crippen LogP contribution in [0.25, 0.3) is 0 Å². The molecule has 2 aliphatic rings. The SMILES string of the molecule is CC1OC(=O)/C=C/C(=O)OC12OC(=O)C=CC(=O)O2. The van der Waals surface area contributed by atoms with E-state index in [1.807, 2.05) is 0 Å². The van der Waals surface area contributed by atoms with Gasteiger partial charge in [-0.1, -0.05) is 0 Å². The Kier molecular flexibility index (Phi) is 3.07. The molecule has 0 bridgehead atoms. The van der Waals surface area contributed by atoms with Gasteiger partial charge in [-0.05, 0) is 6.92 Å². The second kappa shape index (κ2) is 4.56. The third-order valence-electron chi connectivity index (χ3n) is 2.23. The third kappa shape index (κ3) is 2.62. The minimum atomic E-state index is -2.44. The summed E-state index contributed by atoms with van der Waals surface area (Å²) in [5.74, 6) is -6.29. The van der Waals surface area contributed by atoms with Gasteiger partial charge in [-0.2, -0.15) is 0 Å². The maximum absolute atomic E-state index is 11.4. The molecule has 0 fully saturated rings. The molecule has 0 aromatic rings. The van der Waals surface area contributed by atoms with Crippen molar-refractivity contribution in [1.29, 1.82) is 0 Å². The Morgan fingerprint density at radius 1 is 0.789 bits per heavy atom. The summed E-state index contributed by atoms with van der Waals surface area (Å²) in [6, 6.07) is 0. The fourth-order valence-corrected chi connectivity index (χ4v) is 1.39. The van der Waals surface area contributed by atoms with Crippen molar-refractivity contribution in [1.82, 2.24) is 0 Å². The summed E-state index contributed by atoms with van der Waals surface area (Å²) in [5.41, 5.74) is 0. The molecule has 100 valence electrons. The summed E-state index contributed by atoms with van der Waals surface area (Å²) in [6.45, 7) is 1.25. The molecule has 8 heteroatoms. The average Bonchev–Trinajstić information content (AvgIpc) is 2.46. The molecule has 2 heterocycles. The van der Waals surface area contributed by atoms with Crippen LogP contribution in [0.15, 0.2) is 24.3 Å². The Morgan fingerprint density at radius 3 is 1.58 bits per heavy atom. The molecule has 19 heavy (non-hydrogen) atoms. The molecule has 2 rings (SSSR count). The Bertz CT molecular complexity index is 495. The first kappa shape index (κ1) is 12.8. The smallest absolute Gasteiger partial charge is 0.447 e. The van der Waals surface area contributed by atoms with Crippen LogP contribution in [-0.4, -0.2) is 36.0 Å². The van der Waals surface area contributed by atoms with Gasteiger partial charge in [0.05, 0.1) is 0 Å². The molecular weight excluding hydrogens is 260 g/mol. The van der Waals surface area contributed by atoms with Gasteiger partial charge in [0, 0.05) is 24.3 Å². The second-order valence-electron chi connectivity index (χ2n) is 3.61. The van der Waals surface area contributed by atoms with Crippen LogP contribution in [0.4, 0.5) is 0 Å². The van der Waals surface area contributed by atoms with Gasteiger partial charge >= 0.3 is 29.9 Å². The van der Waals surface area contributed by atoms with Crippen molar-refractivity contribution in [3.8, 4) is 0 Å². The number of hydrogen-bond donors (Lipinski definition) is 0. The number of cyclic esters (lactones) is 1. The molecule has 0 saturated heterocycles. The molecule has 1 spiro atoms. The van der Waals surface area contributed by atoms with E-state index in [1.165, 1.54) is 6.92 Å². The van der Waals surface area contributed by atoms with E-state index in [9.17, 15) is 19.2 Å². The number of ether oxygens (including phenoxy) is 4. The number of esters is 4. The van der Waals surface area contributed by atoms with Crippen LogP contribution in [-0.2, 0) is 38.1 Å². The summed E-state index contributed by atoms with van der Waals surface area (Å²) in [6.07, 6.45) is 1.87. The van der Waals surface area contributed by atoms with Gasteiger partial charge in [-0.25, -0.2) is 19.2 Å². The molecule has 0 aromatic carbocycles. The molecule has 2 aliphatic heterocycles. The highest BCUT2D eigenvalue weighted by Gasteiger charge is 2.52. The van der Waals surface area contributed by atoms with Gasteiger partial charge in [0.2, 0.25) is 6.10 Å². The summed E-state index contributed by atoms with van der Waals surface area (Å²) in [4.78, 5) is 45.3. The Morgan fingerprint density at radius 2 is 1.16 bits per heavy atom. The lowest BCUT2D eigenvalue weighted by molar-refractivity contribution is -0.355. The Hall–Kier alpha value is -2.64. The van der Waals surface area contributed by atoms with Gasteiger partial charge in [-0.15, -0.1) is 0 Å². The molecule has 0 amide bonds. The molecule has 1 unspecified atom stereocenters. The fourth-order valence-electron chi connectivity index (χ4n) is 1.39. The lowest BCUT2D eigenvalue weighted by atomic mass is 10.3. The average molecular weight is 268 g/mol. The molecule has 0 aromatic heterocycles. The molecule has 1 atom stereocenters. The quantitative estimate of drug-likeness (QED) is 0.533. The number of hydrogen-bond acceptors (Lipinski definition) is 8. The zero-order chi connectivity index (χ0) is 14.0. The van der Waals surface area contributed by atoms with Gasteiger partial charge in [-0.3, -0.25) is 0 Å². The van der Waals surface area contributed by atoms with Crippen LogP contribution in [0.1, 0.15) is 6.92 Å². The van der Waals surface area contributed by atoms with Crippen molar-refractivity contribution in [2.45, 2.75) is 19.0 Å². The first-order valence-corrected chi connectivity index (χ1v) is 5.17. The topological polar surface area (TPSA) is 105 Å². The first-order valence-electron chi connectivity index (χ1n) is 5.17. The first-order chi connectivity index (χ1) is 8.91.